The van der Waals surface area contributed by atoms with Gasteiger partial charge in [0.05, 0.1) is 11.1 Å². The molecule has 1 aliphatic heterocycles. The van der Waals surface area contributed by atoms with Gasteiger partial charge in [-0.3, -0.25) is 14.3 Å². The van der Waals surface area contributed by atoms with Gasteiger partial charge in [-0.15, -0.1) is 0 Å². The van der Waals surface area contributed by atoms with Gasteiger partial charge in [-0.1, -0.05) is 18.2 Å². The summed E-state index contributed by atoms with van der Waals surface area (Å²) in [5, 5.41) is 4.46. The molecule has 0 spiro atoms. The van der Waals surface area contributed by atoms with Crippen molar-refractivity contribution in [3.05, 3.63) is 76.9 Å². The number of halogens is 1. The topological polar surface area (TPSA) is 67.7 Å². The zero-order chi connectivity index (χ0) is 25.6. The summed E-state index contributed by atoms with van der Waals surface area (Å²) in [5.41, 5.74) is 4.37. The number of rotatable bonds is 8. The van der Waals surface area contributed by atoms with Crippen LogP contribution in [0.15, 0.2) is 48.5 Å². The summed E-state index contributed by atoms with van der Waals surface area (Å²) in [6.07, 6.45) is 1.37. The lowest BCUT2D eigenvalue weighted by Gasteiger charge is -2.34. The Morgan fingerprint density at radius 1 is 1.19 bits per heavy atom. The average molecular weight is 491 g/mol. The number of ether oxygens (including phenoxy) is 1. The van der Waals surface area contributed by atoms with Crippen LogP contribution in [0, 0.1) is 25.1 Å². The lowest BCUT2D eigenvalue weighted by Crippen LogP contribution is -2.48. The van der Waals surface area contributed by atoms with Gasteiger partial charge in [-0.05, 0) is 68.1 Å². The summed E-state index contributed by atoms with van der Waals surface area (Å²) in [5.74, 6) is 0.0314. The Kier molecular flexibility index (Phi) is 6.06. The van der Waals surface area contributed by atoms with E-state index in [2.05, 4.69) is 5.10 Å². The van der Waals surface area contributed by atoms with E-state index in [1.54, 1.807) is 29.0 Å². The number of aryl methyl sites for hydroxylation is 2. The van der Waals surface area contributed by atoms with Crippen molar-refractivity contribution in [2.24, 2.45) is 12.5 Å². The molecular weight excluding hydrogens is 459 g/mol. The van der Waals surface area contributed by atoms with Gasteiger partial charge >= 0.3 is 0 Å². The Bertz CT molecular complexity index is 1320. The molecule has 1 aromatic heterocycles. The maximum atomic E-state index is 13.8. The lowest BCUT2D eigenvalue weighted by molar-refractivity contribution is -0.132. The van der Waals surface area contributed by atoms with Crippen molar-refractivity contribution in [1.82, 2.24) is 14.7 Å². The number of fused-ring (bicyclic) bond motifs is 3. The first-order valence-electron chi connectivity index (χ1n) is 12.2. The molecule has 8 heteroatoms. The number of benzene rings is 2. The van der Waals surface area contributed by atoms with Crippen molar-refractivity contribution in [3.63, 3.8) is 0 Å². The second-order valence-corrected chi connectivity index (χ2v) is 9.94. The third kappa shape index (κ3) is 4.14. The molecule has 0 N–H and O–H groups in total. The van der Waals surface area contributed by atoms with Crippen LogP contribution in [0.3, 0.4) is 0 Å². The SMILES string of the molecule is Cc1nn(C)c(C)c1CCN(C)C(=O)CN1C(=O)[C@@]2(COc3ccc(F)cc3)C[C@H]2c2ccccc21. The van der Waals surface area contributed by atoms with Crippen molar-refractivity contribution in [2.45, 2.75) is 32.6 Å². The molecule has 1 fully saturated rings. The first-order valence-corrected chi connectivity index (χ1v) is 12.2. The fourth-order valence-electron chi connectivity index (χ4n) is 5.32. The summed E-state index contributed by atoms with van der Waals surface area (Å²) in [7, 11) is 3.69. The van der Waals surface area contributed by atoms with Gasteiger partial charge in [0.2, 0.25) is 11.8 Å². The molecule has 2 heterocycles. The first kappa shape index (κ1) is 24.0. The van der Waals surface area contributed by atoms with Crippen molar-refractivity contribution < 1.29 is 18.7 Å². The van der Waals surface area contributed by atoms with E-state index in [4.69, 9.17) is 4.74 Å². The minimum atomic E-state index is -0.703. The molecule has 2 atom stereocenters. The molecule has 2 amide bonds. The van der Waals surface area contributed by atoms with Crippen LogP contribution in [0.25, 0.3) is 0 Å². The number of carbonyl (C=O) groups excluding carboxylic acids is 2. The molecule has 2 aromatic carbocycles. The molecule has 7 nitrogen and oxygen atoms in total. The van der Waals surface area contributed by atoms with Crippen LogP contribution in [0.2, 0.25) is 0 Å². The summed E-state index contributed by atoms with van der Waals surface area (Å²) < 4.78 is 21.0. The highest BCUT2D eigenvalue weighted by molar-refractivity contribution is 6.07. The van der Waals surface area contributed by atoms with E-state index in [0.29, 0.717) is 25.1 Å². The number of hydrogen-bond acceptors (Lipinski definition) is 4. The summed E-state index contributed by atoms with van der Waals surface area (Å²) >= 11 is 0. The maximum absolute atomic E-state index is 13.8. The zero-order valence-electron chi connectivity index (χ0n) is 21.1. The molecule has 3 aromatic rings. The number of aromatic nitrogens is 2. The Labute approximate surface area is 210 Å². The normalized spacial score (nSPS) is 20.1. The molecule has 1 saturated carbocycles. The van der Waals surface area contributed by atoms with Gasteiger partial charge < -0.3 is 14.5 Å². The van der Waals surface area contributed by atoms with E-state index < -0.39 is 5.41 Å². The largest absolute Gasteiger partial charge is 0.492 e. The van der Waals surface area contributed by atoms with Crippen molar-refractivity contribution in [1.29, 1.82) is 0 Å². The fourth-order valence-corrected chi connectivity index (χ4v) is 5.32. The van der Waals surface area contributed by atoms with Crippen LogP contribution in [-0.4, -0.2) is 53.2 Å². The molecule has 0 radical (unpaired) electrons. The Morgan fingerprint density at radius 3 is 2.61 bits per heavy atom. The second-order valence-electron chi connectivity index (χ2n) is 9.94. The number of hydrogen-bond donors (Lipinski definition) is 0. The lowest BCUT2D eigenvalue weighted by atomic mass is 9.92. The standard InChI is InChI=1S/C28H31FN4O3/c1-18-22(19(2)32(4)30-18)13-14-31(3)26(34)16-33-25-8-6-5-7-23(25)24-15-28(24,27(33)35)17-36-21-11-9-20(29)10-12-21/h5-12,24H,13-17H2,1-4H3/t24-,28+/m0/s1. The van der Waals surface area contributed by atoms with Crippen LogP contribution in [0.1, 0.15) is 34.9 Å². The van der Waals surface area contributed by atoms with Gasteiger partial charge in [0, 0.05) is 37.9 Å². The molecule has 1 aliphatic carbocycles. The van der Waals surface area contributed by atoms with E-state index in [9.17, 15) is 14.0 Å². The van der Waals surface area contributed by atoms with Gasteiger partial charge in [-0.25, -0.2) is 4.39 Å². The monoisotopic (exact) mass is 490 g/mol. The van der Waals surface area contributed by atoms with Crippen molar-refractivity contribution in [3.8, 4) is 5.75 Å². The van der Waals surface area contributed by atoms with Crippen molar-refractivity contribution in [2.75, 3.05) is 31.6 Å². The van der Waals surface area contributed by atoms with Gasteiger partial charge in [-0.2, -0.15) is 5.10 Å². The van der Waals surface area contributed by atoms with Crippen LogP contribution < -0.4 is 9.64 Å². The maximum Gasteiger partial charge on any atom is 0.242 e. The minimum Gasteiger partial charge on any atom is -0.492 e. The quantitative estimate of drug-likeness (QED) is 0.482. The predicted octanol–water partition coefficient (Wildman–Crippen LogP) is 3.78. The molecule has 0 unspecified atom stereocenters. The summed E-state index contributed by atoms with van der Waals surface area (Å²) in [4.78, 5) is 30.3. The average Bonchev–Trinajstić information content (AvgIpc) is 3.56. The highest BCUT2D eigenvalue weighted by Gasteiger charge is 2.66. The van der Waals surface area contributed by atoms with Crippen LogP contribution >= 0.6 is 0 Å². The molecule has 188 valence electrons. The van der Waals surface area contributed by atoms with Crippen LogP contribution in [-0.2, 0) is 23.1 Å². The third-order valence-corrected chi connectivity index (χ3v) is 7.73. The number of amides is 2. The Balaban J connectivity index is 1.30. The van der Waals surface area contributed by atoms with E-state index in [-0.39, 0.29) is 36.7 Å². The molecule has 5 rings (SSSR count). The molecule has 0 bridgehead atoms. The van der Waals surface area contributed by atoms with E-state index in [1.807, 2.05) is 49.8 Å². The molecule has 36 heavy (non-hydrogen) atoms. The smallest absolute Gasteiger partial charge is 0.242 e. The van der Waals surface area contributed by atoms with E-state index >= 15 is 0 Å². The van der Waals surface area contributed by atoms with E-state index in [0.717, 1.165) is 28.2 Å². The molecular formula is C28H31FN4O3. The predicted molar refractivity (Wildman–Crippen MR) is 135 cm³/mol. The Hall–Kier alpha value is -3.68. The first-order chi connectivity index (χ1) is 17.2. The molecule has 0 saturated heterocycles. The van der Waals surface area contributed by atoms with E-state index in [1.165, 1.54) is 12.1 Å². The number of anilines is 1. The molecule has 2 aliphatic rings. The van der Waals surface area contributed by atoms with Crippen LogP contribution in [0.4, 0.5) is 10.1 Å². The van der Waals surface area contributed by atoms with Gasteiger partial charge in [0.25, 0.3) is 0 Å². The second kappa shape index (κ2) is 9.08. The minimum absolute atomic E-state index is 0.0254. The summed E-state index contributed by atoms with van der Waals surface area (Å²) in [6.45, 7) is 4.71. The Morgan fingerprint density at radius 2 is 1.92 bits per heavy atom. The highest BCUT2D eigenvalue weighted by Crippen LogP contribution is 2.65. The van der Waals surface area contributed by atoms with Crippen LogP contribution in [0.5, 0.6) is 5.75 Å². The van der Waals surface area contributed by atoms with Gasteiger partial charge in [0.1, 0.15) is 24.7 Å². The number of likely N-dealkylation sites (N-methyl/N-ethyl adjacent to an activating group) is 1. The van der Waals surface area contributed by atoms with Gasteiger partial charge in [0.15, 0.2) is 0 Å². The van der Waals surface area contributed by atoms with Crippen molar-refractivity contribution >= 4 is 17.5 Å². The highest BCUT2D eigenvalue weighted by atomic mass is 19.1. The summed E-state index contributed by atoms with van der Waals surface area (Å²) in [6, 6.07) is 13.6. The third-order valence-electron chi connectivity index (χ3n) is 7.73. The number of para-hydroxylation sites is 1. The number of carbonyl (C=O) groups is 2. The fraction of sp³-hybridized carbons (Fsp3) is 0.393. The number of nitrogens with zero attached hydrogens (tertiary/aromatic N) is 4. The zero-order valence-corrected chi connectivity index (χ0v) is 21.1.